The van der Waals surface area contributed by atoms with E-state index in [0.29, 0.717) is 11.5 Å². The van der Waals surface area contributed by atoms with Crippen LogP contribution < -0.4 is 4.80 Å². The molecule has 0 atom stereocenters. The zero-order valence-corrected chi connectivity index (χ0v) is 18.2. The number of tetrazole rings is 1. The number of nitro groups is 1. The average Bonchev–Trinajstić information content (AvgIpc) is 3.19. The van der Waals surface area contributed by atoms with Gasteiger partial charge in [0.05, 0.1) is 15.6 Å². The first-order valence-electron chi connectivity index (χ1n) is 8.95. The summed E-state index contributed by atoms with van der Waals surface area (Å²) < 4.78 is 40.1. The second-order valence-electron chi connectivity index (χ2n) is 6.21. The van der Waals surface area contributed by atoms with E-state index >= 15 is 0 Å². The Balaban J connectivity index is 0.000000523. The fourth-order valence-corrected chi connectivity index (χ4v) is 2.96. The standard InChI is InChI=1S/C19H13IN5O2.BF4/c20-15-6-8-16(9-7-15)23-21-19(14-4-2-1-3-5-14)22-24(23)17-10-12-18(13-11-17)25(26)27;2-1(3,4)5/h1-13H;/q+1;-1. The lowest BCUT2D eigenvalue weighted by Gasteiger charge is -2.00. The largest absolute Gasteiger partial charge is 0.673 e. The Bertz CT molecular complexity index is 1200. The van der Waals surface area contributed by atoms with Gasteiger partial charge in [-0.25, -0.2) is 0 Å². The molecule has 164 valence electrons. The second-order valence-corrected chi connectivity index (χ2v) is 7.46. The van der Waals surface area contributed by atoms with Gasteiger partial charge in [0.25, 0.3) is 5.69 Å². The third-order valence-corrected chi connectivity index (χ3v) is 4.66. The van der Waals surface area contributed by atoms with Gasteiger partial charge in [-0.2, -0.15) is 0 Å². The topological polar surface area (TPSA) is 77.7 Å². The van der Waals surface area contributed by atoms with Crippen LogP contribution in [0, 0.1) is 13.7 Å². The van der Waals surface area contributed by atoms with Crippen molar-refractivity contribution in [3.05, 3.63) is 92.5 Å². The molecule has 0 N–H and O–H groups in total. The molecule has 4 aromatic rings. The van der Waals surface area contributed by atoms with Gasteiger partial charge < -0.3 is 17.3 Å². The van der Waals surface area contributed by atoms with Crippen LogP contribution in [-0.2, 0) is 0 Å². The first kappa shape index (κ1) is 23.3. The van der Waals surface area contributed by atoms with E-state index in [2.05, 4.69) is 32.8 Å². The van der Waals surface area contributed by atoms with Crippen LogP contribution in [0.4, 0.5) is 23.0 Å². The summed E-state index contributed by atoms with van der Waals surface area (Å²) in [6.07, 6.45) is 0. The predicted octanol–water partition coefficient (Wildman–Crippen LogP) is 5.02. The molecular weight excluding hydrogens is 544 g/mol. The Morgan fingerprint density at radius 1 is 0.906 bits per heavy atom. The first-order chi connectivity index (χ1) is 15.1. The minimum atomic E-state index is -6.00. The molecule has 0 aliphatic carbocycles. The van der Waals surface area contributed by atoms with Crippen LogP contribution in [0.15, 0.2) is 78.9 Å². The number of nitrogens with zero attached hydrogens (tertiary/aromatic N) is 5. The number of hydrogen-bond donors (Lipinski definition) is 0. The van der Waals surface area contributed by atoms with E-state index in [1.807, 2.05) is 54.6 Å². The SMILES string of the molecule is F[B-](F)(F)F.O=[N+]([O-])c1ccc(-[n+]2nc(-c3ccccc3)nn2-c2ccc(I)cc2)cc1. The summed E-state index contributed by atoms with van der Waals surface area (Å²) in [6.45, 7) is 0. The lowest BCUT2D eigenvalue weighted by atomic mass is 10.2. The molecule has 0 aliphatic rings. The van der Waals surface area contributed by atoms with Gasteiger partial charge in [0.2, 0.25) is 0 Å². The summed E-state index contributed by atoms with van der Waals surface area (Å²) in [5.41, 5.74) is 2.43. The van der Waals surface area contributed by atoms with Gasteiger partial charge in [-0.1, -0.05) is 18.2 Å². The van der Waals surface area contributed by atoms with Crippen LogP contribution in [0.2, 0.25) is 0 Å². The minimum absolute atomic E-state index is 0.0305. The molecule has 1 aromatic heterocycles. The number of benzene rings is 3. The highest BCUT2D eigenvalue weighted by Gasteiger charge is 2.24. The summed E-state index contributed by atoms with van der Waals surface area (Å²) in [7, 11) is -6.00. The molecule has 1 heterocycles. The lowest BCUT2D eigenvalue weighted by molar-refractivity contribution is -0.734. The molecule has 0 amide bonds. The van der Waals surface area contributed by atoms with Gasteiger partial charge in [-0.05, 0) is 81.0 Å². The van der Waals surface area contributed by atoms with Crippen molar-refractivity contribution in [2.75, 3.05) is 0 Å². The third kappa shape index (κ3) is 6.32. The van der Waals surface area contributed by atoms with Crippen molar-refractivity contribution >= 4 is 35.5 Å². The fourth-order valence-electron chi connectivity index (χ4n) is 2.60. The van der Waals surface area contributed by atoms with E-state index < -0.39 is 12.2 Å². The van der Waals surface area contributed by atoms with Crippen LogP contribution in [-0.4, -0.2) is 27.2 Å². The number of non-ortho nitro benzene ring substituents is 1. The van der Waals surface area contributed by atoms with E-state index in [4.69, 9.17) is 0 Å². The highest BCUT2D eigenvalue weighted by atomic mass is 127. The van der Waals surface area contributed by atoms with Crippen LogP contribution in [0.25, 0.3) is 22.8 Å². The predicted molar refractivity (Wildman–Crippen MR) is 118 cm³/mol. The molecule has 0 saturated carbocycles. The smallest absolute Gasteiger partial charge is 0.418 e. The molecule has 13 heteroatoms. The van der Waals surface area contributed by atoms with Crippen LogP contribution >= 0.6 is 22.6 Å². The summed E-state index contributed by atoms with van der Waals surface area (Å²) in [6, 6.07) is 23.8. The molecular formula is C19H13BF4IN5O2. The molecule has 0 spiro atoms. The quantitative estimate of drug-likeness (QED) is 0.0883. The van der Waals surface area contributed by atoms with Crippen LogP contribution in [0.5, 0.6) is 0 Å². The zero-order chi connectivity index (χ0) is 23.3. The second kappa shape index (κ2) is 9.85. The maximum Gasteiger partial charge on any atom is 0.673 e. The summed E-state index contributed by atoms with van der Waals surface area (Å²) in [5.74, 6) is 0.563. The monoisotopic (exact) mass is 557 g/mol. The maximum atomic E-state index is 10.9. The van der Waals surface area contributed by atoms with E-state index in [1.54, 1.807) is 21.7 Å². The number of aromatic nitrogens is 4. The first-order valence-corrected chi connectivity index (χ1v) is 10.0. The van der Waals surface area contributed by atoms with Gasteiger partial charge in [-0.3, -0.25) is 10.1 Å². The Morgan fingerprint density at radius 3 is 2.00 bits per heavy atom. The Morgan fingerprint density at radius 2 is 1.47 bits per heavy atom. The highest BCUT2D eigenvalue weighted by Crippen LogP contribution is 2.17. The van der Waals surface area contributed by atoms with Crippen LogP contribution in [0.3, 0.4) is 0 Å². The molecule has 0 unspecified atom stereocenters. The van der Waals surface area contributed by atoms with Crippen molar-refractivity contribution in [1.82, 2.24) is 15.0 Å². The van der Waals surface area contributed by atoms with Crippen molar-refractivity contribution in [2.45, 2.75) is 0 Å². The molecule has 7 nitrogen and oxygen atoms in total. The Kier molecular flexibility index (Phi) is 7.17. The molecule has 0 saturated heterocycles. The van der Waals surface area contributed by atoms with Crippen molar-refractivity contribution in [1.29, 1.82) is 0 Å². The Labute approximate surface area is 192 Å². The van der Waals surface area contributed by atoms with Crippen LogP contribution in [0.1, 0.15) is 0 Å². The zero-order valence-electron chi connectivity index (χ0n) is 16.0. The molecule has 32 heavy (non-hydrogen) atoms. The molecule has 0 bridgehead atoms. The van der Waals surface area contributed by atoms with E-state index in [9.17, 15) is 27.4 Å². The van der Waals surface area contributed by atoms with Crippen molar-refractivity contribution in [2.24, 2.45) is 0 Å². The minimum Gasteiger partial charge on any atom is -0.418 e. The molecule has 0 radical (unpaired) electrons. The third-order valence-electron chi connectivity index (χ3n) is 3.94. The van der Waals surface area contributed by atoms with Gasteiger partial charge in [-0.15, -0.1) is 0 Å². The number of halogens is 5. The van der Waals surface area contributed by atoms with Gasteiger partial charge >= 0.3 is 13.1 Å². The molecule has 0 fully saturated rings. The van der Waals surface area contributed by atoms with Crippen molar-refractivity contribution in [3.63, 3.8) is 0 Å². The van der Waals surface area contributed by atoms with Gasteiger partial charge in [0.1, 0.15) is 5.69 Å². The molecule has 4 rings (SSSR count). The molecule has 0 aliphatic heterocycles. The van der Waals surface area contributed by atoms with E-state index in [1.165, 1.54) is 12.1 Å². The van der Waals surface area contributed by atoms with Gasteiger partial charge in [0.15, 0.2) is 5.69 Å². The molecule has 3 aromatic carbocycles. The normalized spacial score (nSPS) is 10.9. The fraction of sp³-hybridized carbons (Fsp3) is 0. The number of hydrogen-bond acceptors (Lipinski definition) is 4. The maximum absolute atomic E-state index is 10.9. The van der Waals surface area contributed by atoms with Gasteiger partial charge in [0, 0.05) is 20.5 Å². The summed E-state index contributed by atoms with van der Waals surface area (Å²) >= 11 is 2.24. The van der Waals surface area contributed by atoms with Crippen molar-refractivity contribution < 1.29 is 27.0 Å². The highest BCUT2D eigenvalue weighted by molar-refractivity contribution is 14.1. The number of nitro benzene ring substituents is 1. The van der Waals surface area contributed by atoms with Crippen molar-refractivity contribution in [3.8, 4) is 22.8 Å². The lowest BCUT2D eigenvalue weighted by Crippen LogP contribution is -2.43. The summed E-state index contributed by atoms with van der Waals surface area (Å²) in [4.78, 5) is 13.8. The summed E-state index contributed by atoms with van der Waals surface area (Å²) in [5, 5.41) is 20.2. The van der Waals surface area contributed by atoms with E-state index in [-0.39, 0.29) is 5.69 Å². The Hall–Kier alpha value is -3.36. The van der Waals surface area contributed by atoms with E-state index in [0.717, 1.165) is 14.8 Å². The number of rotatable bonds is 4. The average molecular weight is 557 g/mol.